The number of nitrogens with one attached hydrogen (secondary N) is 2. The molecule has 0 saturated carbocycles. The van der Waals surface area contributed by atoms with Gasteiger partial charge in [0.15, 0.2) is 5.65 Å². The van der Waals surface area contributed by atoms with Gasteiger partial charge in [-0.3, -0.25) is 5.10 Å². The number of fused-ring (bicyclic) bond motifs is 1. The maximum Gasteiger partial charge on any atom is 0.224 e. The van der Waals surface area contributed by atoms with Crippen molar-refractivity contribution in [2.45, 2.75) is 6.42 Å². The molecule has 2 aromatic rings. The molecule has 6 N–H and O–H groups in total. The first kappa shape index (κ1) is 12.5. The van der Waals surface area contributed by atoms with Crippen molar-refractivity contribution in [2.75, 3.05) is 23.3 Å². The summed E-state index contributed by atoms with van der Waals surface area (Å²) in [6, 6.07) is 0. The Hall–Kier alpha value is -1.94. The number of aromatic amines is 1. The Morgan fingerprint density at radius 2 is 2.17 bits per heavy atom. The number of primary sulfonamides is 1. The van der Waals surface area contributed by atoms with E-state index in [-0.39, 0.29) is 11.7 Å². The van der Waals surface area contributed by atoms with Gasteiger partial charge in [0.2, 0.25) is 16.0 Å². The molecule has 9 nitrogen and oxygen atoms in total. The summed E-state index contributed by atoms with van der Waals surface area (Å²) in [7, 11) is -3.43. The first-order valence-electron chi connectivity index (χ1n) is 5.16. The summed E-state index contributed by atoms with van der Waals surface area (Å²) in [6.45, 7) is 0.410. The number of nitrogens with two attached hydrogens (primary N) is 2. The standard InChI is InChI=1S/C8H13N7O2S/c9-8-13-6(5-4-12-15-7(5)14-8)11-2-1-3-18(10,16)17/h4H,1-3H2,(H2,10,16,17)(H4,9,11,12,13,14,15). The Bertz CT molecular complexity index is 651. The molecule has 0 saturated heterocycles. The van der Waals surface area contributed by atoms with E-state index in [1.165, 1.54) is 0 Å². The zero-order valence-electron chi connectivity index (χ0n) is 9.42. The van der Waals surface area contributed by atoms with E-state index in [0.29, 0.717) is 29.8 Å². The number of hydrogen-bond acceptors (Lipinski definition) is 7. The van der Waals surface area contributed by atoms with E-state index in [0.717, 1.165) is 0 Å². The fourth-order valence-electron chi connectivity index (χ4n) is 1.47. The highest BCUT2D eigenvalue weighted by molar-refractivity contribution is 7.89. The predicted octanol–water partition coefficient (Wildman–Crippen LogP) is -0.974. The maximum atomic E-state index is 10.8. The molecule has 10 heteroatoms. The lowest BCUT2D eigenvalue weighted by Crippen LogP contribution is -2.19. The van der Waals surface area contributed by atoms with Crippen molar-refractivity contribution in [1.82, 2.24) is 20.2 Å². The van der Waals surface area contributed by atoms with E-state index in [1.807, 2.05) is 0 Å². The minimum absolute atomic E-state index is 0.0882. The van der Waals surface area contributed by atoms with Crippen molar-refractivity contribution >= 4 is 32.8 Å². The highest BCUT2D eigenvalue weighted by atomic mass is 32.2. The molecule has 18 heavy (non-hydrogen) atoms. The molecular weight excluding hydrogens is 258 g/mol. The lowest BCUT2D eigenvalue weighted by molar-refractivity contribution is 0.596. The van der Waals surface area contributed by atoms with Crippen LogP contribution in [0, 0.1) is 0 Å². The number of aromatic nitrogens is 4. The van der Waals surface area contributed by atoms with Crippen LogP contribution in [0.15, 0.2) is 6.20 Å². The second-order valence-corrected chi connectivity index (χ2v) is 5.44. The molecule has 0 radical (unpaired) electrons. The van der Waals surface area contributed by atoms with Gasteiger partial charge in [-0.2, -0.15) is 15.1 Å². The van der Waals surface area contributed by atoms with Gasteiger partial charge in [0.05, 0.1) is 17.3 Å². The van der Waals surface area contributed by atoms with Crippen molar-refractivity contribution in [2.24, 2.45) is 5.14 Å². The van der Waals surface area contributed by atoms with Gasteiger partial charge < -0.3 is 11.1 Å². The molecule has 0 bridgehead atoms. The van der Waals surface area contributed by atoms with Crippen molar-refractivity contribution < 1.29 is 8.42 Å². The molecule has 2 aromatic heterocycles. The molecule has 0 atom stereocenters. The van der Waals surface area contributed by atoms with Crippen molar-refractivity contribution in [3.63, 3.8) is 0 Å². The molecule has 0 aromatic carbocycles. The smallest absolute Gasteiger partial charge is 0.224 e. The highest BCUT2D eigenvalue weighted by Gasteiger charge is 2.08. The van der Waals surface area contributed by atoms with Crippen LogP contribution < -0.4 is 16.2 Å². The molecule has 0 aliphatic carbocycles. The zero-order valence-corrected chi connectivity index (χ0v) is 10.2. The Morgan fingerprint density at radius 3 is 2.89 bits per heavy atom. The van der Waals surface area contributed by atoms with Gasteiger partial charge in [-0.15, -0.1) is 0 Å². The van der Waals surface area contributed by atoms with Gasteiger partial charge in [0.25, 0.3) is 0 Å². The summed E-state index contributed by atoms with van der Waals surface area (Å²) in [5, 5.41) is 15.1. The molecule has 0 fully saturated rings. The molecule has 98 valence electrons. The van der Waals surface area contributed by atoms with Crippen LogP contribution in [-0.4, -0.2) is 40.9 Å². The summed E-state index contributed by atoms with van der Waals surface area (Å²) in [6.07, 6.45) is 1.94. The van der Waals surface area contributed by atoms with E-state index < -0.39 is 10.0 Å². The number of anilines is 2. The largest absolute Gasteiger partial charge is 0.369 e. The lowest BCUT2D eigenvalue weighted by atomic mass is 10.4. The fourth-order valence-corrected chi connectivity index (χ4v) is 2.01. The minimum Gasteiger partial charge on any atom is -0.369 e. The monoisotopic (exact) mass is 271 g/mol. The molecule has 0 unspecified atom stereocenters. The first-order valence-corrected chi connectivity index (χ1v) is 6.88. The summed E-state index contributed by atoms with van der Waals surface area (Å²) in [4.78, 5) is 7.98. The van der Waals surface area contributed by atoms with Crippen molar-refractivity contribution in [1.29, 1.82) is 0 Å². The van der Waals surface area contributed by atoms with E-state index in [1.54, 1.807) is 6.20 Å². The van der Waals surface area contributed by atoms with Crippen LogP contribution >= 0.6 is 0 Å². The van der Waals surface area contributed by atoms with Gasteiger partial charge in [-0.25, -0.2) is 13.6 Å². The van der Waals surface area contributed by atoms with Crippen LogP contribution in [0.4, 0.5) is 11.8 Å². The number of H-pyrrole nitrogens is 1. The van der Waals surface area contributed by atoms with Gasteiger partial charge in [0.1, 0.15) is 5.82 Å². The lowest BCUT2D eigenvalue weighted by Gasteiger charge is -2.06. The average Bonchev–Trinajstić information content (AvgIpc) is 2.70. The van der Waals surface area contributed by atoms with Gasteiger partial charge in [-0.1, -0.05) is 0 Å². The SMILES string of the molecule is Nc1nc(NCCCS(N)(=O)=O)c2cn[nH]c2n1. The second kappa shape index (κ2) is 4.74. The normalized spacial score (nSPS) is 11.8. The molecule has 2 rings (SSSR count). The van der Waals surface area contributed by atoms with Crippen LogP contribution in [0.5, 0.6) is 0 Å². The average molecular weight is 271 g/mol. The summed E-state index contributed by atoms with van der Waals surface area (Å²) >= 11 is 0. The third-order valence-corrected chi connectivity index (χ3v) is 3.08. The van der Waals surface area contributed by atoms with Gasteiger partial charge in [0, 0.05) is 6.54 Å². The molecule has 2 heterocycles. The number of rotatable bonds is 5. The topological polar surface area (TPSA) is 153 Å². The quantitative estimate of drug-likeness (QED) is 0.510. The molecule has 0 amide bonds. The van der Waals surface area contributed by atoms with Crippen LogP contribution in [0.3, 0.4) is 0 Å². The van der Waals surface area contributed by atoms with E-state index in [9.17, 15) is 8.42 Å². The molecule has 0 spiro atoms. The highest BCUT2D eigenvalue weighted by Crippen LogP contribution is 2.18. The zero-order chi connectivity index (χ0) is 13.2. The van der Waals surface area contributed by atoms with E-state index >= 15 is 0 Å². The Balaban J connectivity index is 2.05. The number of hydrogen-bond donors (Lipinski definition) is 4. The Kier molecular flexibility index (Phi) is 3.30. The number of nitrogen functional groups attached to an aromatic ring is 1. The molecule has 0 aliphatic rings. The fraction of sp³-hybridized carbons (Fsp3) is 0.375. The third kappa shape index (κ3) is 3.05. The Morgan fingerprint density at radius 1 is 1.39 bits per heavy atom. The van der Waals surface area contributed by atoms with Gasteiger partial charge in [-0.05, 0) is 6.42 Å². The van der Waals surface area contributed by atoms with Crippen LogP contribution in [0.25, 0.3) is 11.0 Å². The van der Waals surface area contributed by atoms with E-state index in [2.05, 4.69) is 25.5 Å². The van der Waals surface area contributed by atoms with Crippen LogP contribution in [0.1, 0.15) is 6.42 Å². The predicted molar refractivity (Wildman–Crippen MR) is 67.2 cm³/mol. The third-order valence-electron chi connectivity index (χ3n) is 2.23. The van der Waals surface area contributed by atoms with Crippen LogP contribution in [0.2, 0.25) is 0 Å². The Labute approximate surface area is 103 Å². The molecule has 0 aliphatic heterocycles. The second-order valence-electron chi connectivity index (χ2n) is 3.71. The minimum atomic E-state index is -3.43. The first-order chi connectivity index (χ1) is 8.46. The number of sulfonamides is 1. The summed E-state index contributed by atoms with van der Waals surface area (Å²) in [5.41, 5.74) is 6.06. The van der Waals surface area contributed by atoms with Crippen molar-refractivity contribution in [3.05, 3.63) is 6.20 Å². The summed E-state index contributed by atoms with van der Waals surface area (Å²) < 4.78 is 21.5. The maximum absolute atomic E-state index is 10.8. The van der Waals surface area contributed by atoms with Crippen molar-refractivity contribution in [3.8, 4) is 0 Å². The van der Waals surface area contributed by atoms with E-state index in [4.69, 9.17) is 10.9 Å². The summed E-state index contributed by atoms with van der Waals surface area (Å²) in [5.74, 6) is 0.538. The number of nitrogens with zero attached hydrogens (tertiary/aromatic N) is 3. The van der Waals surface area contributed by atoms with Gasteiger partial charge >= 0.3 is 0 Å². The molecular formula is C8H13N7O2S. The van der Waals surface area contributed by atoms with Crippen LogP contribution in [-0.2, 0) is 10.0 Å².